The Kier molecular flexibility index (Phi) is 13.2. The number of nitrogens with two attached hydrogens (primary N) is 4. The van der Waals surface area contributed by atoms with Gasteiger partial charge in [-0.2, -0.15) is 9.98 Å². The van der Waals surface area contributed by atoms with Crippen LogP contribution in [0.4, 0.5) is 0 Å². The van der Waals surface area contributed by atoms with E-state index in [1.165, 1.54) is 25.7 Å². The molecular formula is C22H46N10. The van der Waals surface area contributed by atoms with Crippen LogP contribution in [0.3, 0.4) is 0 Å². The maximum Gasteiger partial charge on any atom is 0.218 e. The lowest BCUT2D eigenvalue weighted by molar-refractivity contribution is 0.255. The van der Waals surface area contributed by atoms with Crippen molar-refractivity contribution in [1.29, 1.82) is 0 Å². The highest BCUT2D eigenvalue weighted by molar-refractivity contribution is 5.94. The SMILES string of the molecule is CCCCC(C)CN=C(N)/N=C(/N)N1CCN(/C(N)=N\C(N)=NCC(C)CCCC)CC1. The average molecular weight is 451 g/mol. The molecule has 184 valence electrons. The minimum atomic E-state index is 0.228. The summed E-state index contributed by atoms with van der Waals surface area (Å²) in [4.78, 5) is 21.2. The third-order valence-corrected chi connectivity index (χ3v) is 5.62. The maximum atomic E-state index is 6.14. The van der Waals surface area contributed by atoms with Crippen molar-refractivity contribution in [2.45, 2.75) is 66.2 Å². The molecule has 32 heavy (non-hydrogen) atoms. The monoisotopic (exact) mass is 450 g/mol. The Bertz CT molecular complexity index is 591. The molecular weight excluding hydrogens is 404 g/mol. The van der Waals surface area contributed by atoms with Crippen LogP contribution in [0.15, 0.2) is 20.0 Å². The Morgan fingerprint density at radius 1 is 0.688 bits per heavy atom. The summed E-state index contributed by atoms with van der Waals surface area (Å²) in [6.07, 6.45) is 7.07. The number of hydrogen-bond acceptors (Lipinski definition) is 2. The summed E-state index contributed by atoms with van der Waals surface area (Å²) in [5, 5.41) is 0. The van der Waals surface area contributed by atoms with Gasteiger partial charge >= 0.3 is 0 Å². The van der Waals surface area contributed by atoms with E-state index in [2.05, 4.69) is 47.7 Å². The van der Waals surface area contributed by atoms with Gasteiger partial charge in [-0.25, -0.2) is 0 Å². The summed E-state index contributed by atoms with van der Waals surface area (Å²) in [6.45, 7) is 12.7. The van der Waals surface area contributed by atoms with Crippen molar-refractivity contribution in [1.82, 2.24) is 9.80 Å². The Morgan fingerprint density at radius 3 is 1.34 bits per heavy atom. The normalized spacial score (nSPS) is 18.8. The number of unbranched alkanes of at least 4 members (excludes halogenated alkanes) is 2. The van der Waals surface area contributed by atoms with Gasteiger partial charge in [0.2, 0.25) is 11.9 Å². The van der Waals surface area contributed by atoms with E-state index in [0.29, 0.717) is 63.0 Å². The predicted molar refractivity (Wildman–Crippen MR) is 137 cm³/mol. The fraction of sp³-hybridized carbons (Fsp3) is 0.818. The zero-order valence-electron chi connectivity index (χ0n) is 20.6. The summed E-state index contributed by atoms with van der Waals surface area (Å²) in [6, 6.07) is 0. The molecule has 0 aromatic rings. The first-order valence-electron chi connectivity index (χ1n) is 12.0. The Hall–Kier alpha value is -2.52. The van der Waals surface area contributed by atoms with Gasteiger partial charge < -0.3 is 32.7 Å². The lowest BCUT2D eigenvalue weighted by Gasteiger charge is -2.35. The number of aliphatic imine (C=N–C) groups is 4. The fourth-order valence-electron chi connectivity index (χ4n) is 3.40. The van der Waals surface area contributed by atoms with Crippen LogP contribution in [0.2, 0.25) is 0 Å². The standard InChI is InChI=1S/C22H46N10/c1-5-7-9-17(3)15-27-19(23)29-21(25)31-11-13-32(14-12-31)22(26)30-20(24)28-16-18(4)10-8-6-2/h17-18H,5-16H2,1-4H3,(H4,23,25,27,29)(H4,24,26,28,30). The van der Waals surface area contributed by atoms with E-state index in [0.717, 1.165) is 12.8 Å². The first-order valence-corrected chi connectivity index (χ1v) is 12.0. The van der Waals surface area contributed by atoms with Gasteiger partial charge in [0, 0.05) is 39.3 Å². The highest BCUT2D eigenvalue weighted by Crippen LogP contribution is 2.08. The maximum absolute atomic E-state index is 6.14. The molecule has 0 bridgehead atoms. The number of nitrogens with zero attached hydrogens (tertiary/aromatic N) is 6. The molecule has 0 aromatic heterocycles. The van der Waals surface area contributed by atoms with Gasteiger partial charge in [0.25, 0.3) is 0 Å². The Morgan fingerprint density at radius 2 is 1.03 bits per heavy atom. The summed E-state index contributed by atoms with van der Waals surface area (Å²) < 4.78 is 0. The lowest BCUT2D eigenvalue weighted by Crippen LogP contribution is -2.54. The van der Waals surface area contributed by atoms with E-state index in [1.807, 2.05) is 9.80 Å². The molecule has 1 aliphatic heterocycles. The molecule has 8 N–H and O–H groups in total. The number of guanidine groups is 4. The molecule has 2 atom stereocenters. The molecule has 1 saturated heterocycles. The molecule has 10 nitrogen and oxygen atoms in total. The van der Waals surface area contributed by atoms with Gasteiger partial charge in [0.05, 0.1) is 0 Å². The fourth-order valence-corrected chi connectivity index (χ4v) is 3.40. The van der Waals surface area contributed by atoms with E-state index < -0.39 is 0 Å². The molecule has 0 aliphatic carbocycles. The molecule has 0 saturated carbocycles. The zero-order chi connectivity index (χ0) is 23.9. The van der Waals surface area contributed by atoms with Crippen LogP contribution >= 0.6 is 0 Å². The quantitative estimate of drug-likeness (QED) is 0.291. The van der Waals surface area contributed by atoms with Gasteiger partial charge in [-0.15, -0.1) is 0 Å². The Labute approximate surface area is 194 Å². The third kappa shape index (κ3) is 11.2. The predicted octanol–water partition coefficient (Wildman–Crippen LogP) is 1.52. The van der Waals surface area contributed by atoms with Crippen LogP contribution in [0.25, 0.3) is 0 Å². The smallest absolute Gasteiger partial charge is 0.218 e. The Balaban J connectivity index is 2.51. The van der Waals surface area contributed by atoms with Crippen molar-refractivity contribution in [3.63, 3.8) is 0 Å². The van der Waals surface area contributed by atoms with Gasteiger partial charge in [-0.05, 0) is 24.7 Å². The molecule has 1 fully saturated rings. The zero-order valence-corrected chi connectivity index (χ0v) is 20.6. The molecule has 2 unspecified atom stereocenters. The van der Waals surface area contributed by atoms with Crippen molar-refractivity contribution in [3.05, 3.63) is 0 Å². The highest BCUT2D eigenvalue weighted by Gasteiger charge is 2.20. The van der Waals surface area contributed by atoms with Crippen molar-refractivity contribution in [2.24, 2.45) is 54.7 Å². The van der Waals surface area contributed by atoms with Crippen LogP contribution in [-0.2, 0) is 0 Å². The second-order valence-corrected chi connectivity index (χ2v) is 8.81. The van der Waals surface area contributed by atoms with Crippen molar-refractivity contribution in [3.8, 4) is 0 Å². The van der Waals surface area contributed by atoms with Gasteiger partial charge in [0.15, 0.2) is 11.9 Å². The molecule has 0 radical (unpaired) electrons. The largest absolute Gasteiger partial charge is 0.369 e. The van der Waals surface area contributed by atoms with Crippen LogP contribution < -0.4 is 22.9 Å². The van der Waals surface area contributed by atoms with E-state index in [9.17, 15) is 0 Å². The van der Waals surface area contributed by atoms with Gasteiger partial charge in [-0.3, -0.25) is 9.98 Å². The number of rotatable bonds is 10. The molecule has 0 aromatic carbocycles. The molecule has 1 rings (SSSR count). The second kappa shape index (κ2) is 15.3. The van der Waals surface area contributed by atoms with Crippen LogP contribution in [0.5, 0.6) is 0 Å². The van der Waals surface area contributed by atoms with Crippen LogP contribution in [-0.4, -0.2) is 72.9 Å². The first kappa shape index (κ1) is 27.5. The van der Waals surface area contributed by atoms with Crippen LogP contribution in [0, 0.1) is 11.8 Å². The van der Waals surface area contributed by atoms with E-state index >= 15 is 0 Å². The van der Waals surface area contributed by atoms with Crippen molar-refractivity contribution < 1.29 is 0 Å². The van der Waals surface area contributed by atoms with E-state index in [1.54, 1.807) is 0 Å². The summed E-state index contributed by atoms with van der Waals surface area (Å²) >= 11 is 0. The molecule has 1 heterocycles. The highest BCUT2D eigenvalue weighted by atomic mass is 15.4. The topological polar surface area (TPSA) is 160 Å². The first-order chi connectivity index (χ1) is 15.3. The van der Waals surface area contributed by atoms with Gasteiger partial charge in [0.1, 0.15) is 0 Å². The summed E-state index contributed by atoms with van der Waals surface area (Å²) in [5.41, 5.74) is 24.2. The lowest BCUT2D eigenvalue weighted by atomic mass is 10.1. The molecule has 1 aliphatic rings. The molecule has 0 amide bonds. The van der Waals surface area contributed by atoms with Gasteiger partial charge in [-0.1, -0.05) is 53.4 Å². The van der Waals surface area contributed by atoms with E-state index in [4.69, 9.17) is 22.9 Å². The number of piperazine rings is 1. The molecule has 0 spiro atoms. The summed E-state index contributed by atoms with van der Waals surface area (Å²) in [7, 11) is 0. The van der Waals surface area contributed by atoms with Crippen LogP contribution in [0.1, 0.15) is 66.2 Å². The minimum Gasteiger partial charge on any atom is -0.369 e. The van der Waals surface area contributed by atoms with Crippen molar-refractivity contribution in [2.75, 3.05) is 39.3 Å². The second-order valence-electron chi connectivity index (χ2n) is 8.81. The minimum absolute atomic E-state index is 0.228. The molecule has 10 heteroatoms. The summed E-state index contributed by atoms with van der Waals surface area (Å²) in [5.74, 6) is 2.20. The number of hydrogen-bond donors (Lipinski definition) is 4. The van der Waals surface area contributed by atoms with Crippen molar-refractivity contribution >= 4 is 23.8 Å². The third-order valence-electron chi connectivity index (χ3n) is 5.62. The average Bonchev–Trinajstić information content (AvgIpc) is 2.78. The van der Waals surface area contributed by atoms with E-state index in [-0.39, 0.29) is 11.9 Å².